The molecule has 0 radical (unpaired) electrons. The molecule has 4 heteroatoms. The van der Waals surface area contributed by atoms with Crippen molar-refractivity contribution in [2.24, 2.45) is 0 Å². The van der Waals surface area contributed by atoms with Crippen LogP contribution in [0.25, 0.3) is 0 Å². The second-order valence-electron chi connectivity index (χ2n) is 7.32. The lowest BCUT2D eigenvalue weighted by molar-refractivity contribution is 1.05. The Hall–Kier alpha value is -1.73. The van der Waals surface area contributed by atoms with Gasteiger partial charge < -0.3 is 14.7 Å². The van der Waals surface area contributed by atoms with Crippen molar-refractivity contribution in [3.8, 4) is 0 Å². The van der Waals surface area contributed by atoms with Gasteiger partial charge in [0.05, 0.1) is 17.1 Å². The molecule has 0 aliphatic rings. The Morgan fingerprint density at radius 1 is 0.600 bits per heavy atom. The highest BCUT2D eigenvalue weighted by Gasteiger charge is 2.19. The van der Waals surface area contributed by atoms with Crippen molar-refractivity contribution >= 4 is 36.3 Å². The molecule has 0 aromatic heterocycles. The van der Waals surface area contributed by atoms with Crippen molar-refractivity contribution in [1.29, 1.82) is 0 Å². The van der Waals surface area contributed by atoms with E-state index in [1.165, 1.54) is 44.4 Å². The maximum atomic E-state index is 2.30. The molecule has 0 fully saturated rings. The Morgan fingerprint density at radius 2 is 1.16 bits per heavy atom. The van der Waals surface area contributed by atoms with Gasteiger partial charge in [-0.1, -0.05) is 26.8 Å². The average molecular weight is 357 g/mol. The minimum absolute atomic E-state index is 0.652. The van der Waals surface area contributed by atoms with E-state index >= 15 is 0 Å². The smallest absolute Gasteiger partial charge is 0.0842 e. The summed E-state index contributed by atoms with van der Waals surface area (Å²) < 4.78 is 0. The third kappa shape index (κ3) is 3.93. The fraction of sp³-hybridized carbons (Fsp3) is 0.429. The summed E-state index contributed by atoms with van der Waals surface area (Å²) in [5.41, 5.74) is 8.05. The largest absolute Gasteiger partial charge is 0.376 e. The zero-order chi connectivity index (χ0) is 18.9. The molecule has 0 bridgehead atoms. The minimum atomic E-state index is 0.652. The van der Waals surface area contributed by atoms with Gasteiger partial charge in [0.1, 0.15) is 0 Å². The molecule has 2 rings (SSSR count). The van der Waals surface area contributed by atoms with Gasteiger partial charge >= 0.3 is 0 Å². The van der Waals surface area contributed by atoms with Crippen molar-refractivity contribution < 1.29 is 0 Å². The van der Waals surface area contributed by atoms with E-state index in [9.17, 15) is 0 Å². The zero-order valence-corrected chi connectivity index (χ0v) is 18.2. The van der Waals surface area contributed by atoms with E-state index in [0.29, 0.717) is 8.58 Å². The summed E-state index contributed by atoms with van der Waals surface area (Å²) in [4.78, 5) is 6.67. The molecular weight excluding hydrogens is 325 g/mol. The van der Waals surface area contributed by atoms with Crippen LogP contribution in [-0.4, -0.2) is 42.3 Å². The van der Waals surface area contributed by atoms with E-state index in [1.807, 2.05) is 0 Å². The molecule has 2 aromatic carbocycles. The molecule has 1 unspecified atom stereocenters. The summed E-state index contributed by atoms with van der Waals surface area (Å²) >= 11 is 0. The first-order valence-electron chi connectivity index (χ1n) is 8.68. The van der Waals surface area contributed by atoms with Crippen molar-refractivity contribution in [2.45, 2.75) is 20.8 Å². The molecule has 2 aromatic rings. The Balaban J connectivity index is 2.63. The standard InChI is InChI=1S/C21H32N3P/c1-14-10-12-18(16(3)15(14)2)25-19-13-11-17(22(4)5)20(23(6)7)21(19)24(8)9/h10-13,25H,1-9H3. The summed E-state index contributed by atoms with van der Waals surface area (Å²) in [5, 5.41) is 2.83. The fourth-order valence-corrected chi connectivity index (χ4v) is 4.62. The number of hydrogen-bond acceptors (Lipinski definition) is 3. The predicted octanol–water partition coefficient (Wildman–Crippen LogP) is 3.44. The fourth-order valence-electron chi connectivity index (χ4n) is 3.16. The van der Waals surface area contributed by atoms with E-state index in [4.69, 9.17) is 0 Å². The van der Waals surface area contributed by atoms with E-state index < -0.39 is 0 Å². The summed E-state index contributed by atoms with van der Waals surface area (Å²) in [7, 11) is 13.4. The van der Waals surface area contributed by atoms with Crippen LogP contribution in [0.2, 0.25) is 0 Å². The molecule has 3 nitrogen and oxygen atoms in total. The Labute approximate surface area is 155 Å². The lowest BCUT2D eigenvalue weighted by Crippen LogP contribution is -2.26. The van der Waals surface area contributed by atoms with Gasteiger partial charge in [-0.3, -0.25) is 0 Å². The van der Waals surface area contributed by atoms with Gasteiger partial charge in [-0.15, -0.1) is 0 Å². The van der Waals surface area contributed by atoms with Crippen molar-refractivity contribution in [1.82, 2.24) is 0 Å². The number of rotatable bonds is 5. The first kappa shape index (κ1) is 19.6. The van der Waals surface area contributed by atoms with Gasteiger partial charge in [0.15, 0.2) is 0 Å². The molecule has 0 saturated heterocycles. The van der Waals surface area contributed by atoms with Gasteiger partial charge in [0.2, 0.25) is 0 Å². The second kappa shape index (κ2) is 7.66. The molecule has 0 aliphatic carbocycles. The molecule has 0 spiro atoms. The van der Waals surface area contributed by atoms with Crippen LogP contribution >= 0.6 is 8.58 Å². The van der Waals surface area contributed by atoms with Gasteiger partial charge in [-0.25, -0.2) is 0 Å². The van der Waals surface area contributed by atoms with Gasteiger partial charge in [0, 0.05) is 47.6 Å². The monoisotopic (exact) mass is 357 g/mol. The predicted molar refractivity (Wildman–Crippen MR) is 118 cm³/mol. The van der Waals surface area contributed by atoms with Crippen molar-refractivity contribution in [3.63, 3.8) is 0 Å². The van der Waals surface area contributed by atoms with Crippen LogP contribution in [0.5, 0.6) is 0 Å². The highest BCUT2D eigenvalue weighted by molar-refractivity contribution is 7.56. The van der Waals surface area contributed by atoms with Crippen LogP contribution in [-0.2, 0) is 0 Å². The Kier molecular flexibility index (Phi) is 6.00. The first-order chi connectivity index (χ1) is 11.6. The summed E-state index contributed by atoms with van der Waals surface area (Å²) in [6, 6.07) is 9.09. The van der Waals surface area contributed by atoms with Crippen LogP contribution in [0.4, 0.5) is 17.1 Å². The lowest BCUT2D eigenvalue weighted by Gasteiger charge is -2.30. The maximum Gasteiger partial charge on any atom is 0.0842 e. The molecular formula is C21H32N3P. The van der Waals surface area contributed by atoms with Gasteiger partial charge in [-0.2, -0.15) is 0 Å². The number of nitrogens with zero attached hydrogens (tertiary/aromatic N) is 3. The quantitative estimate of drug-likeness (QED) is 0.759. The third-order valence-corrected chi connectivity index (χ3v) is 6.32. The van der Waals surface area contributed by atoms with Crippen molar-refractivity contribution in [3.05, 3.63) is 41.0 Å². The third-order valence-electron chi connectivity index (χ3n) is 4.83. The van der Waals surface area contributed by atoms with Crippen LogP contribution in [0, 0.1) is 20.8 Å². The molecule has 25 heavy (non-hydrogen) atoms. The van der Waals surface area contributed by atoms with Gasteiger partial charge in [-0.05, 0) is 48.8 Å². The number of aryl methyl sites for hydroxylation is 1. The zero-order valence-electron chi connectivity index (χ0n) is 17.2. The van der Waals surface area contributed by atoms with Crippen LogP contribution in [0.1, 0.15) is 16.7 Å². The molecule has 0 heterocycles. The number of benzene rings is 2. The Bertz CT molecular complexity index is 764. The van der Waals surface area contributed by atoms with E-state index in [1.54, 1.807) is 0 Å². The van der Waals surface area contributed by atoms with Gasteiger partial charge in [0.25, 0.3) is 0 Å². The highest BCUT2D eigenvalue weighted by atomic mass is 31.1. The maximum absolute atomic E-state index is 2.30. The van der Waals surface area contributed by atoms with Crippen LogP contribution in [0.3, 0.4) is 0 Å². The normalized spacial score (nSPS) is 11.2. The SMILES string of the molecule is Cc1ccc(Pc2ccc(N(C)C)c(N(C)C)c2N(C)C)c(C)c1C. The summed E-state index contributed by atoms with van der Waals surface area (Å²) in [6.07, 6.45) is 0. The molecule has 0 N–H and O–H groups in total. The molecule has 0 aliphatic heterocycles. The highest BCUT2D eigenvalue weighted by Crippen LogP contribution is 2.38. The number of hydrogen-bond donors (Lipinski definition) is 0. The van der Waals surface area contributed by atoms with Crippen LogP contribution < -0.4 is 25.3 Å². The second-order valence-corrected chi connectivity index (χ2v) is 8.65. The Morgan fingerprint density at radius 3 is 1.68 bits per heavy atom. The topological polar surface area (TPSA) is 9.72 Å². The molecule has 136 valence electrons. The van der Waals surface area contributed by atoms with E-state index in [-0.39, 0.29) is 0 Å². The minimum Gasteiger partial charge on any atom is -0.376 e. The first-order valence-corrected chi connectivity index (χ1v) is 9.68. The van der Waals surface area contributed by atoms with E-state index in [2.05, 4.69) is 102 Å². The molecule has 1 atom stereocenters. The molecule has 0 saturated carbocycles. The lowest BCUT2D eigenvalue weighted by atomic mass is 10.1. The average Bonchev–Trinajstić information content (AvgIpc) is 2.54. The van der Waals surface area contributed by atoms with Crippen molar-refractivity contribution in [2.75, 3.05) is 57.0 Å². The van der Waals surface area contributed by atoms with E-state index in [0.717, 1.165) is 0 Å². The summed E-state index contributed by atoms with van der Waals surface area (Å²) in [5.74, 6) is 0. The van der Waals surface area contributed by atoms with Crippen LogP contribution in [0.15, 0.2) is 24.3 Å². The molecule has 0 amide bonds. The number of anilines is 3. The summed E-state index contributed by atoms with van der Waals surface area (Å²) in [6.45, 7) is 6.67.